The van der Waals surface area contributed by atoms with E-state index in [1.807, 2.05) is 0 Å². The normalized spacial score (nSPS) is 10.3. The monoisotopic (exact) mass is 190 g/mol. The van der Waals surface area contributed by atoms with Crippen LogP contribution in [0.4, 0.5) is 0 Å². The standard InChI is InChI=1S/C4H10N2O3S.Na.H/c1-2-10(7,8)9-6-4-3-5;;/h2,6H,1,3-5H2;;/q;+1;-1. The summed E-state index contributed by atoms with van der Waals surface area (Å²) in [7, 11) is -3.59. The van der Waals surface area contributed by atoms with E-state index in [2.05, 4.69) is 16.3 Å². The molecule has 0 saturated carbocycles. The van der Waals surface area contributed by atoms with E-state index in [1.54, 1.807) is 0 Å². The third-order valence-electron chi connectivity index (χ3n) is 0.626. The van der Waals surface area contributed by atoms with E-state index < -0.39 is 10.1 Å². The fourth-order valence-electron chi connectivity index (χ4n) is 0.217. The van der Waals surface area contributed by atoms with Crippen molar-refractivity contribution in [1.82, 2.24) is 5.48 Å². The Morgan fingerprint density at radius 1 is 1.73 bits per heavy atom. The number of nitrogens with two attached hydrogens (primary N) is 1. The molecule has 0 amide bonds. The minimum absolute atomic E-state index is 0. The fraction of sp³-hybridized carbons (Fsp3) is 0.500. The van der Waals surface area contributed by atoms with E-state index in [1.165, 1.54) is 0 Å². The van der Waals surface area contributed by atoms with Gasteiger partial charge in [0.15, 0.2) is 0 Å². The van der Waals surface area contributed by atoms with Crippen molar-refractivity contribution in [3.8, 4) is 0 Å². The Labute approximate surface area is 89.8 Å². The van der Waals surface area contributed by atoms with Gasteiger partial charge in [-0.1, -0.05) is 6.58 Å². The van der Waals surface area contributed by atoms with Crippen LogP contribution in [0, 0.1) is 0 Å². The molecule has 0 aliphatic heterocycles. The average Bonchev–Trinajstić information content (AvgIpc) is 1.89. The minimum Gasteiger partial charge on any atom is -1.00 e. The zero-order chi connectivity index (χ0) is 8.04. The summed E-state index contributed by atoms with van der Waals surface area (Å²) < 4.78 is 25.0. The molecular weight excluding hydrogens is 179 g/mol. The smallest absolute Gasteiger partial charge is 1.00 e. The van der Waals surface area contributed by atoms with Crippen molar-refractivity contribution in [3.05, 3.63) is 12.0 Å². The quantitative estimate of drug-likeness (QED) is 0.263. The molecule has 0 aliphatic carbocycles. The Hall–Kier alpha value is 0.570. The summed E-state index contributed by atoms with van der Waals surface area (Å²) in [5.74, 6) is 0. The van der Waals surface area contributed by atoms with Gasteiger partial charge in [-0.2, -0.15) is 18.2 Å². The SMILES string of the molecule is C=CS(=O)(=O)ONCCN.[H-].[Na+]. The number of rotatable bonds is 5. The van der Waals surface area contributed by atoms with Gasteiger partial charge in [0, 0.05) is 13.1 Å². The van der Waals surface area contributed by atoms with Crippen molar-refractivity contribution in [2.45, 2.75) is 0 Å². The molecule has 3 N–H and O–H groups in total. The van der Waals surface area contributed by atoms with Gasteiger partial charge in [-0.05, 0) is 0 Å². The van der Waals surface area contributed by atoms with Crippen LogP contribution in [-0.2, 0) is 14.4 Å². The fourth-order valence-corrected chi connectivity index (χ4v) is 0.532. The Morgan fingerprint density at radius 3 is 2.64 bits per heavy atom. The first-order chi connectivity index (χ1) is 4.62. The number of hydrogen-bond donors (Lipinski definition) is 2. The third kappa shape index (κ3) is 8.48. The van der Waals surface area contributed by atoms with Crippen molar-refractivity contribution >= 4 is 10.1 Å². The van der Waals surface area contributed by atoms with Crippen LogP contribution in [0.3, 0.4) is 0 Å². The largest absolute Gasteiger partial charge is 1.00 e. The Bertz CT molecular complexity index is 196. The van der Waals surface area contributed by atoms with Gasteiger partial charge >= 0.3 is 39.7 Å². The number of nitrogens with one attached hydrogen (secondary N) is 1. The van der Waals surface area contributed by atoms with Crippen LogP contribution in [0.25, 0.3) is 0 Å². The van der Waals surface area contributed by atoms with E-state index in [-0.39, 0.29) is 37.5 Å². The predicted octanol–water partition coefficient (Wildman–Crippen LogP) is -3.94. The second-order valence-electron chi connectivity index (χ2n) is 1.43. The molecular formula is C4H11N2NaO3S. The van der Waals surface area contributed by atoms with Crippen LogP contribution in [0.2, 0.25) is 0 Å². The average molecular weight is 190 g/mol. The van der Waals surface area contributed by atoms with Crippen LogP contribution in [-0.4, -0.2) is 21.5 Å². The molecule has 0 atom stereocenters. The second kappa shape index (κ2) is 7.23. The Balaban J connectivity index is -0.000000405. The van der Waals surface area contributed by atoms with Gasteiger partial charge in [0.05, 0.1) is 5.41 Å². The zero-order valence-corrected chi connectivity index (χ0v) is 9.23. The van der Waals surface area contributed by atoms with Crippen LogP contribution in [0.1, 0.15) is 1.43 Å². The third-order valence-corrected chi connectivity index (χ3v) is 1.38. The molecule has 0 heterocycles. The van der Waals surface area contributed by atoms with E-state index in [0.717, 1.165) is 0 Å². The van der Waals surface area contributed by atoms with Gasteiger partial charge in [-0.3, -0.25) is 0 Å². The first-order valence-corrected chi connectivity index (χ1v) is 4.08. The number of hydrogen-bond acceptors (Lipinski definition) is 5. The first kappa shape index (κ1) is 14.1. The van der Waals surface area contributed by atoms with Gasteiger partial charge in [0.2, 0.25) is 0 Å². The van der Waals surface area contributed by atoms with E-state index in [0.29, 0.717) is 12.0 Å². The molecule has 5 nitrogen and oxygen atoms in total. The number of hydroxylamine groups is 1. The molecule has 0 aromatic carbocycles. The molecule has 0 aromatic heterocycles. The maximum atomic E-state index is 10.4. The maximum Gasteiger partial charge on any atom is 1.00 e. The Morgan fingerprint density at radius 2 is 2.27 bits per heavy atom. The predicted molar refractivity (Wildman–Crippen MR) is 38.4 cm³/mol. The Kier molecular flexibility index (Phi) is 9.28. The van der Waals surface area contributed by atoms with Gasteiger partial charge in [0.25, 0.3) is 0 Å². The summed E-state index contributed by atoms with van der Waals surface area (Å²) in [6.45, 7) is 3.62. The molecule has 62 valence electrons. The van der Waals surface area contributed by atoms with Crippen LogP contribution in [0.15, 0.2) is 12.0 Å². The van der Waals surface area contributed by atoms with Crippen molar-refractivity contribution in [3.63, 3.8) is 0 Å². The molecule has 0 rings (SSSR count). The molecule has 11 heavy (non-hydrogen) atoms. The van der Waals surface area contributed by atoms with Crippen molar-refractivity contribution in [1.29, 1.82) is 0 Å². The maximum absolute atomic E-state index is 10.4. The van der Waals surface area contributed by atoms with Gasteiger partial charge < -0.3 is 7.16 Å². The molecule has 0 radical (unpaired) electrons. The molecule has 7 heteroatoms. The summed E-state index contributed by atoms with van der Waals surface area (Å²) in [5, 5.41) is 0.705. The van der Waals surface area contributed by atoms with Crippen LogP contribution in [0.5, 0.6) is 0 Å². The molecule has 0 unspecified atom stereocenters. The topological polar surface area (TPSA) is 81.4 Å². The summed E-state index contributed by atoms with van der Waals surface area (Å²) in [4.78, 5) is 0. The summed E-state index contributed by atoms with van der Waals surface area (Å²) >= 11 is 0. The van der Waals surface area contributed by atoms with E-state index in [4.69, 9.17) is 5.73 Å². The van der Waals surface area contributed by atoms with E-state index in [9.17, 15) is 8.42 Å². The van der Waals surface area contributed by atoms with Gasteiger partial charge in [-0.25, -0.2) is 0 Å². The molecule has 0 spiro atoms. The van der Waals surface area contributed by atoms with Crippen molar-refractivity contribution < 1.29 is 43.7 Å². The molecule has 0 aromatic rings. The van der Waals surface area contributed by atoms with Crippen molar-refractivity contribution in [2.75, 3.05) is 13.1 Å². The van der Waals surface area contributed by atoms with Crippen LogP contribution >= 0.6 is 0 Å². The van der Waals surface area contributed by atoms with Gasteiger partial charge in [-0.15, -0.1) is 0 Å². The van der Waals surface area contributed by atoms with Crippen LogP contribution < -0.4 is 40.8 Å². The molecule has 0 fully saturated rings. The van der Waals surface area contributed by atoms with E-state index >= 15 is 0 Å². The summed E-state index contributed by atoms with van der Waals surface area (Å²) in [6.07, 6.45) is 0. The summed E-state index contributed by atoms with van der Waals surface area (Å²) in [5.41, 5.74) is 7.18. The molecule has 0 saturated heterocycles. The molecule has 0 bridgehead atoms. The molecule has 0 aliphatic rings. The summed E-state index contributed by atoms with van der Waals surface area (Å²) in [6, 6.07) is 0. The first-order valence-electron chi connectivity index (χ1n) is 2.61. The van der Waals surface area contributed by atoms with Crippen molar-refractivity contribution in [2.24, 2.45) is 5.73 Å². The minimum atomic E-state index is -3.59. The second-order valence-corrected chi connectivity index (χ2v) is 2.91. The van der Waals surface area contributed by atoms with Gasteiger partial charge in [0.1, 0.15) is 0 Å². The zero-order valence-electron chi connectivity index (χ0n) is 7.41.